The molecule has 0 saturated heterocycles. The largest absolute Gasteiger partial charge is 0.350 e. The van der Waals surface area contributed by atoms with Crippen LogP contribution in [0.2, 0.25) is 0 Å². The first kappa shape index (κ1) is 16.7. The number of hydrogen-bond donors (Lipinski definition) is 1. The van der Waals surface area contributed by atoms with Crippen molar-refractivity contribution >= 4 is 17.3 Å². The summed E-state index contributed by atoms with van der Waals surface area (Å²) >= 11 is 0. The van der Waals surface area contributed by atoms with Crippen LogP contribution in [0.25, 0.3) is 0 Å². The lowest BCUT2D eigenvalue weighted by atomic mass is 10.1. The molecule has 1 amide bonds. The van der Waals surface area contributed by atoms with Crippen molar-refractivity contribution in [3.8, 4) is 0 Å². The summed E-state index contributed by atoms with van der Waals surface area (Å²) in [6.07, 6.45) is 2.47. The van der Waals surface area contributed by atoms with Gasteiger partial charge < -0.3 is 10.2 Å². The molecule has 4 nitrogen and oxygen atoms in total. The van der Waals surface area contributed by atoms with Crippen LogP contribution < -0.4 is 10.2 Å². The van der Waals surface area contributed by atoms with Crippen molar-refractivity contribution in [2.45, 2.75) is 6.42 Å². The van der Waals surface area contributed by atoms with Crippen LogP contribution in [0.15, 0.2) is 79.0 Å². The molecule has 0 spiro atoms. The second-order valence-electron chi connectivity index (χ2n) is 5.79. The smallest absolute Gasteiger partial charge is 0.269 e. The summed E-state index contributed by atoms with van der Waals surface area (Å²) in [5.41, 5.74) is 3.61. The molecule has 3 rings (SSSR count). The summed E-state index contributed by atoms with van der Waals surface area (Å²) in [5.74, 6) is -0.153. The van der Waals surface area contributed by atoms with Crippen LogP contribution in [-0.4, -0.2) is 24.5 Å². The second-order valence-corrected chi connectivity index (χ2v) is 5.79. The number of anilines is 2. The van der Waals surface area contributed by atoms with Gasteiger partial charge in [-0.1, -0.05) is 48.5 Å². The Balaban J connectivity index is 1.63. The highest BCUT2D eigenvalue weighted by Gasteiger charge is 2.10. The number of rotatable bonds is 6. The van der Waals surface area contributed by atoms with Crippen LogP contribution in [0.3, 0.4) is 0 Å². The van der Waals surface area contributed by atoms with Gasteiger partial charge in [-0.3, -0.25) is 9.78 Å². The van der Waals surface area contributed by atoms with Crippen LogP contribution in [0.4, 0.5) is 11.4 Å². The maximum atomic E-state index is 12.4. The molecule has 0 atom stereocenters. The number of amides is 1. The lowest BCUT2D eigenvalue weighted by molar-refractivity contribution is 0.0949. The molecule has 0 radical (unpaired) electrons. The van der Waals surface area contributed by atoms with Crippen molar-refractivity contribution in [1.29, 1.82) is 0 Å². The first-order valence-electron chi connectivity index (χ1n) is 8.31. The molecular weight excluding hydrogens is 310 g/mol. The first-order chi connectivity index (χ1) is 12.2. The van der Waals surface area contributed by atoms with Gasteiger partial charge in [0, 0.05) is 31.2 Å². The third kappa shape index (κ3) is 4.44. The summed E-state index contributed by atoms with van der Waals surface area (Å²) in [7, 11) is 1.97. The molecule has 1 aromatic heterocycles. The van der Waals surface area contributed by atoms with Crippen molar-refractivity contribution < 1.29 is 4.79 Å². The lowest BCUT2D eigenvalue weighted by Gasteiger charge is -2.19. The number of nitrogens with zero attached hydrogens (tertiary/aromatic N) is 2. The van der Waals surface area contributed by atoms with E-state index in [4.69, 9.17) is 0 Å². The Morgan fingerprint density at radius 1 is 0.960 bits per heavy atom. The average molecular weight is 331 g/mol. The summed E-state index contributed by atoms with van der Waals surface area (Å²) in [6, 6.07) is 23.8. The monoisotopic (exact) mass is 331 g/mol. The number of benzene rings is 2. The fraction of sp³-hybridized carbons (Fsp3) is 0.143. The normalized spacial score (nSPS) is 10.3. The molecule has 2 aromatic carbocycles. The van der Waals surface area contributed by atoms with Crippen molar-refractivity contribution in [2.75, 3.05) is 18.5 Å². The molecule has 1 heterocycles. The van der Waals surface area contributed by atoms with Gasteiger partial charge in [0.05, 0.1) is 0 Å². The number of para-hydroxylation sites is 1. The van der Waals surface area contributed by atoms with Gasteiger partial charge in [0.15, 0.2) is 0 Å². The summed E-state index contributed by atoms with van der Waals surface area (Å²) < 4.78 is 0. The highest BCUT2D eigenvalue weighted by molar-refractivity contribution is 5.93. The van der Waals surface area contributed by atoms with Crippen molar-refractivity contribution in [1.82, 2.24) is 10.3 Å². The van der Waals surface area contributed by atoms with Crippen molar-refractivity contribution in [3.63, 3.8) is 0 Å². The van der Waals surface area contributed by atoms with E-state index >= 15 is 0 Å². The minimum Gasteiger partial charge on any atom is -0.350 e. The molecule has 1 N–H and O–H groups in total. The average Bonchev–Trinajstić information content (AvgIpc) is 2.69. The molecule has 25 heavy (non-hydrogen) atoms. The summed E-state index contributed by atoms with van der Waals surface area (Å²) in [4.78, 5) is 18.6. The topological polar surface area (TPSA) is 45.2 Å². The number of hydrogen-bond acceptors (Lipinski definition) is 3. The molecule has 0 aliphatic rings. The fourth-order valence-corrected chi connectivity index (χ4v) is 2.61. The maximum Gasteiger partial charge on any atom is 0.269 e. The Kier molecular flexibility index (Phi) is 5.42. The highest BCUT2D eigenvalue weighted by atomic mass is 16.1. The number of pyridine rings is 1. The van der Waals surface area contributed by atoms with Gasteiger partial charge in [-0.15, -0.1) is 0 Å². The van der Waals surface area contributed by atoms with E-state index in [9.17, 15) is 4.79 Å². The Hall–Kier alpha value is -3.14. The third-order valence-corrected chi connectivity index (χ3v) is 4.05. The molecule has 4 heteroatoms. The van der Waals surface area contributed by atoms with E-state index in [0.29, 0.717) is 12.2 Å². The van der Waals surface area contributed by atoms with E-state index in [1.165, 1.54) is 5.56 Å². The van der Waals surface area contributed by atoms with Crippen molar-refractivity contribution in [3.05, 3.63) is 90.3 Å². The Morgan fingerprint density at radius 3 is 2.36 bits per heavy atom. The molecule has 0 aliphatic carbocycles. The van der Waals surface area contributed by atoms with E-state index in [2.05, 4.69) is 22.4 Å². The molecule has 0 fully saturated rings. The Bertz CT molecular complexity index is 819. The zero-order chi connectivity index (χ0) is 17.5. The molecule has 0 saturated carbocycles. The first-order valence-corrected chi connectivity index (χ1v) is 8.31. The second kappa shape index (κ2) is 8.11. The molecular formula is C21H21N3O. The van der Waals surface area contributed by atoms with E-state index in [0.717, 1.165) is 17.8 Å². The number of carbonyl (C=O) groups excluding carboxylic acids is 1. The SMILES string of the molecule is CN(c1ccccc1)c1ccnc(C(=O)NCCc2ccccc2)c1. The predicted molar refractivity (Wildman–Crippen MR) is 101 cm³/mol. The zero-order valence-electron chi connectivity index (χ0n) is 14.2. The standard InChI is InChI=1S/C21H21N3O/c1-24(18-10-6-3-7-11-18)19-13-15-22-20(16-19)21(25)23-14-12-17-8-4-2-5-9-17/h2-11,13,15-16H,12,14H2,1H3,(H,23,25). The van der Waals surface area contributed by atoms with Gasteiger partial charge in [-0.25, -0.2) is 0 Å². The van der Waals surface area contributed by atoms with Gasteiger partial charge in [0.2, 0.25) is 0 Å². The molecule has 0 aliphatic heterocycles. The van der Waals surface area contributed by atoms with Gasteiger partial charge in [-0.2, -0.15) is 0 Å². The minimum absolute atomic E-state index is 0.153. The van der Waals surface area contributed by atoms with E-state index < -0.39 is 0 Å². The minimum atomic E-state index is -0.153. The molecule has 126 valence electrons. The Labute approximate surface area is 148 Å². The predicted octanol–water partition coefficient (Wildman–Crippen LogP) is 3.82. The van der Waals surface area contributed by atoms with Crippen LogP contribution in [-0.2, 0) is 6.42 Å². The zero-order valence-corrected chi connectivity index (χ0v) is 14.2. The van der Waals surface area contributed by atoms with Gasteiger partial charge >= 0.3 is 0 Å². The van der Waals surface area contributed by atoms with E-state index in [1.54, 1.807) is 6.20 Å². The van der Waals surface area contributed by atoms with Gasteiger partial charge in [0.25, 0.3) is 5.91 Å². The molecule has 0 bridgehead atoms. The van der Waals surface area contributed by atoms with Gasteiger partial charge in [0.1, 0.15) is 5.69 Å². The van der Waals surface area contributed by atoms with Crippen LogP contribution in [0, 0.1) is 0 Å². The van der Waals surface area contributed by atoms with Crippen LogP contribution >= 0.6 is 0 Å². The van der Waals surface area contributed by atoms with Gasteiger partial charge in [-0.05, 0) is 36.2 Å². The summed E-state index contributed by atoms with van der Waals surface area (Å²) in [6.45, 7) is 0.587. The fourth-order valence-electron chi connectivity index (χ4n) is 2.61. The third-order valence-electron chi connectivity index (χ3n) is 4.05. The maximum absolute atomic E-state index is 12.4. The highest BCUT2D eigenvalue weighted by Crippen LogP contribution is 2.22. The quantitative estimate of drug-likeness (QED) is 0.747. The molecule has 3 aromatic rings. The number of aromatic nitrogens is 1. The summed E-state index contributed by atoms with van der Waals surface area (Å²) in [5, 5.41) is 2.93. The van der Waals surface area contributed by atoms with Crippen molar-refractivity contribution in [2.24, 2.45) is 0 Å². The molecule has 0 unspecified atom stereocenters. The lowest BCUT2D eigenvalue weighted by Crippen LogP contribution is -2.26. The number of carbonyl (C=O) groups is 1. The van der Waals surface area contributed by atoms with Crippen LogP contribution in [0.1, 0.15) is 16.1 Å². The van der Waals surface area contributed by atoms with Crippen LogP contribution in [0.5, 0.6) is 0 Å². The number of nitrogens with one attached hydrogen (secondary N) is 1. The van der Waals surface area contributed by atoms with E-state index in [-0.39, 0.29) is 5.91 Å². The Morgan fingerprint density at radius 2 is 1.64 bits per heavy atom. The van der Waals surface area contributed by atoms with E-state index in [1.807, 2.05) is 72.6 Å².